The van der Waals surface area contributed by atoms with Crippen LogP contribution in [0.25, 0.3) is 78.0 Å². The summed E-state index contributed by atoms with van der Waals surface area (Å²) in [6.07, 6.45) is 0. The molecule has 0 N–H and O–H groups in total. The van der Waals surface area contributed by atoms with Gasteiger partial charge in [0.05, 0.1) is 0 Å². The van der Waals surface area contributed by atoms with Crippen molar-refractivity contribution < 1.29 is 4.42 Å². The Bertz CT molecular complexity index is 2130. The van der Waals surface area contributed by atoms with Gasteiger partial charge in [-0.15, -0.1) is 0 Å². The van der Waals surface area contributed by atoms with Crippen LogP contribution in [0.15, 0.2) is 144 Å². The Balaban J connectivity index is 1.47. The maximum Gasteiger partial charge on any atom is 0.164 e. The fourth-order valence-corrected chi connectivity index (χ4v) is 5.52. The van der Waals surface area contributed by atoms with Crippen LogP contribution < -0.4 is 0 Å². The first-order chi connectivity index (χ1) is 20.3. The van der Waals surface area contributed by atoms with Crippen molar-refractivity contribution in [1.29, 1.82) is 0 Å². The molecule has 2 heterocycles. The van der Waals surface area contributed by atoms with Crippen LogP contribution in [-0.4, -0.2) is 15.0 Å². The molecule has 0 radical (unpaired) electrons. The number of furan rings is 1. The standard InChI is InChI=1S/C37H23N3O/c1-4-12-24(13-5-1)27-20-21-29-30(22-27)32(23-31-28-18-10-11-19-33(28)41-34(29)31)37-39-35(25-14-6-2-7-15-25)38-36(40-37)26-16-8-3-9-17-26/h1-23H. The molecule has 41 heavy (non-hydrogen) atoms. The van der Waals surface area contributed by atoms with Crippen molar-refractivity contribution in [2.45, 2.75) is 0 Å². The van der Waals surface area contributed by atoms with E-state index in [0.717, 1.165) is 60.5 Å². The summed E-state index contributed by atoms with van der Waals surface area (Å²) in [5, 5.41) is 4.16. The number of hydrogen-bond acceptors (Lipinski definition) is 4. The van der Waals surface area contributed by atoms with Crippen molar-refractivity contribution in [1.82, 2.24) is 15.0 Å². The van der Waals surface area contributed by atoms with Crippen LogP contribution in [0.1, 0.15) is 0 Å². The van der Waals surface area contributed by atoms with Gasteiger partial charge in [-0.3, -0.25) is 0 Å². The summed E-state index contributed by atoms with van der Waals surface area (Å²) in [6.45, 7) is 0. The van der Waals surface area contributed by atoms with Gasteiger partial charge in [-0.2, -0.15) is 0 Å². The van der Waals surface area contributed by atoms with E-state index in [1.807, 2.05) is 84.9 Å². The number of aromatic nitrogens is 3. The molecule has 0 unspecified atom stereocenters. The Morgan fingerprint density at radius 2 is 0.927 bits per heavy atom. The van der Waals surface area contributed by atoms with E-state index in [1.165, 1.54) is 0 Å². The van der Waals surface area contributed by atoms with Crippen LogP contribution in [0, 0.1) is 0 Å². The molecule has 8 aromatic rings. The van der Waals surface area contributed by atoms with E-state index < -0.39 is 0 Å². The number of para-hydroxylation sites is 1. The molecular weight excluding hydrogens is 502 g/mol. The van der Waals surface area contributed by atoms with E-state index in [2.05, 4.69) is 54.6 Å². The first-order valence-electron chi connectivity index (χ1n) is 13.6. The number of rotatable bonds is 4. The van der Waals surface area contributed by atoms with Crippen molar-refractivity contribution in [3.8, 4) is 45.3 Å². The molecule has 6 aromatic carbocycles. The van der Waals surface area contributed by atoms with Gasteiger partial charge < -0.3 is 4.42 Å². The fourth-order valence-electron chi connectivity index (χ4n) is 5.52. The zero-order valence-electron chi connectivity index (χ0n) is 22.0. The monoisotopic (exact) mass is 525 g/mol. The average molecular weight is 526 g/mol. The van der Waals surface area contributed by atoms with Crippen molar-refractivity contribution in [2.75, 3.05) is 0 Å². The van der Waals surface area contributed by atoms with Crippen molar-refractivity contribution >= 4 is 32.7 Å². The van der Waals surface area contributed by atoms with Crippen molar-refractivity contribution in [3.63, 3.8) is 0 Å². The first-order valence-corrected chi connectivity index (χ1v) is 13.6. The van der Waals surface area contributed by atoms with E-state index in [0.29, 0.717) is 17.5 Å². The lowest BCUT2D eigenvalue weighted by molar-refractivity contribution is 0.672. The highest BCUT2D eigenvalue weighted by Gasteiger charge is 2.19. The van der Waals surface area contributed by atoms with E-state index in [9.17, 15) is 0 Å². The highest BCUT2D eigenvalue weighted by molar-refractivity contribution is 6.19. The number of nitrogens with zero attached hydrogens (tertiary/aromatic N) is 3. The normalized spacial score (nSPS) is 11.4. The topological polar surface area (TPSA) is 51.8 Å². The maximum absolute atomic E-state index is 6.44. The lowest BCUT2D eigenvalue weighted by Crippen LogP contribution is -2.00. The minimum atomic E-state index is 0.625. The number of benzene rings is 6. The van der Waals surface area contributed by atoms with Gasteiger partial charge in [0.2, 0.25) is 0 Å². The zero-order chi connectivity index (χ0) is 27.2. The molecule has 0 saturated heterocycles. The van der Waals surface area contributed by atoms with Crippen LogP contribution in [0.4, 0.5) is 0 Å². The van der Waals surface area contributed by atoms with Gasteiger partial charge >= 0.3 is 0 Å². The number of fused-ring (bicyclic) bond motifs is 5. The first kappa shape index (κ1) is 23.3. The quantitative estimate of drug-likeness (QED) is 0.230. The van der Waals surface area contributed by atoms with Gasteiger partial charge in [-0.05, 0) is 40.8 Å². The molecule has 4 heteroatoms. The van der Waals surface area contributed by atoms with Crippen molar-refractivity contribution in [2.24, 2.45) is 0 Å². The van der Waals surface area contributed by atoms with E-state index in [1.54, 1.807) is 0 Å². The Hall–Kier alpha value is -5.61. The zero-order valence-corrected chi connectivity index (χ0v) is 22.0. The van der Waals surface area contributed by atoms with Crippen molar-refractivity contribution in [3.05, 3.63) is 140 Å². The third-order valence-corrected chi connectivity index (χ3v) is 7.52. The summed E-state index contributed by atoms with van der Waals surface area (Å²) in [4.78, 5) is 15.0. The number of hydrogen-bond donors (Lipinski definition) is 0. The average Bonchev–Trinajstić information content (AvgIpc) is 3.44. The van der Waals surface area contributed by atoms with Gasteiger partial charge in [-0.1, -0.05) is 115 Å². The smallest absolute Gasteiger partial charge is 0.164 e. The van der Waals surface area contributed by atoms with Gasteiger partial charge in [0, 0.05) is 32.8 Å². The summed E-state index contributed by atoms with van der Waals surface area (Å²) in [5.74, 6) is 1.90. The molecule has 0 saturated carbocycles. The van der Waals surface area contributed by atoms with Gasteiger partial charge in [-0.25, -0.2) is 15.0 Å². The summed E-state index contributed by atoms with van der Waals surface area (Å²) in [5.41, 5.74) is 6.82. The highest BCUT2D eigenvalue weighted by atomic mass is 16.3. The molecule has 0 fully saturated rings. The minimum Gasteiger partial charge on any atom is -0.455 e. The summed E-state index contributed by atoms with van der Waals surface area (Å²) in [6, 6.07) is 47.5. The van der Waals surface area contributed by atoms with Gasteiger partial charge in [0.25, 0.3) is 0 Å². The summed E-state index contributed by atoms with van der Waals surface area (Å²) >= 11 is 0. The predicted molar refractivity (Wildman–Crippen MR) is 166 cm³/mol. The molecular formula is C37H23N3O. The maximum atomic E-state index is 6.44. The van der Waals surface area contributed by atoms with E-state index in [4.69, 9.17) is 19.4 Å². The molecule has 192 valence electrons. The molecule has 0 bridgehead atoms. The molecule has 0 spiro atoms. The Morgan fingerprint density at radius 3 is 1.59 bits per heavy atom. The minimum absolute atomic E-state index is 0.625. The molecule has 0 aliphatic carbocycles. The lowest BCUT2D eigenvalue weighted by atomic mass is 9.95. The van der Waals surface area contributed by atoms with Gasteiger partial charge in [0.1, 0.15) is 11.2 Å². The second-order valence-corrected chi connectivity index (χ2v) is 10.1. The van der Waals surface area contributed by atoms with Gasteiger partial charge in [0.15, 0.2) is 17.5 Å². The summed E-state index contributed by atoms with van der Waals surface area (Å²) in [7, 11) is 0. The second kappa shape index (κ2) is 9.54. The predicted octanol–water partition coefficient (Wildman–Crippen LogP) is 9.59. The Morgan fingerprint density at radius 1 is 0.366 bits per heavy atom. The third-order valence-electron chi connectivity index (χ3n) is 7.52. The molecule has 0 amide bonds. The highest BCUT2D eigenvalue weighted by Crippen LogP contribution is 2.41. The van der Waals surface area contributed by atoms with Crippen LogP contribution in [0.3, 0.4) is 0 Å². The molecule has 0 aliphatic rings. The molecule has 0 atom stereocenters. The third kappa shape index (κ3) is 4.05. The molecule has 0 aliphatic heterocycles. The summed E-state index contributed by atoms with van der Waals surface area (Å²) < 4.78 is 6.44. The molecule has 8 rings (SSSR count). The van der Waals surface area contributed by atoms with Crippen LogP contribution in [0.2, 0.25) is 0 Å². The fraction of sp³-hybridized carbons (Fsp3) is 0. The lowest BCUT2D eigenvalue weighted by Gasteiger charge is -2.12. The molecule has 2 aromatic heterocycles. The second-order valence-electron chi connectivity index (χ2n) is 10.1. The molecule has 4 nitrogen and oxygen atoms in total. The largest absolute Gasteiger partial charge is 0.455 e. The SMILES string of the molecule is c1ccc(-c2ccc3c(c2)c(-c2nc(-c4ccccc4)nc(-c4ccccc4)n2)cc2c4ccccc4oc32)cc1. The van der Waals surface area contributed by atoms with Crippen LogP contribution in [0.5, 0.6) is 0 Å². The van der Waals surface area contributed by atoms with Crippen LogP contribution >= 0.6 is 0 Å². The Labute approximate surface area is 236 Å². The van der Waals surface area contributed by atoms with Crippen LogP contribution in [-0.2, 0) is 0 Å². The van der Waals surface area contributed by atoms with E-state index in [-0.39, 0.29) is 0 Å². The van der Waals surface area contributed by atoms with E-state index >= 15 is 0 Å². The Kier molecular flexibility index (Phi) is 5.42.